The number of rotatable bonds is 6. The van der Waals surface area contributed by atoms with Crippen molar-refractivity contribution in [3.8, 4) is 0 Å². The molecule has 12 heteroatoms. The molecular weight excluding hydrogens is 642 g/mol. The van der Waals surface area contributed by atoms with Crippen molar-refractivity contribution in [1.82, 2.24) is 9.80 Å². The molecule has 1 N–H and O–H groups in total. The van der Waals surface area contributed by atoms with E-state index in [4.69, 9.17) is 24.0 Å². The van der Waals surface area contributed by atoms with Crippen LogP contribution in [-0.2, 0) is 49.6 Å². The monoisotopic (exact) mass is 693 g/mol. The minimum absolute atomic E-state index is 0.00347. The van der Waals surface area contributed by atoms with Crippen molar-refractivity contribution in [2.75, 3.05) is 25.0 Å². The summed E-state index contributed by atoms with van der Waals surface area (Å²) in [6.45, 7) is 7.35. The molecule has 3 amide bonds. The van der Waals surface area contributed by atoms with Crippen LogP contribution in [-0.4, -0.2) is 77.1 Å². The van der Waals surface area contributed by atoms with Crippen molar-refractivity contribution >= 4 is 29.4 Å². The molecule has 9 atom stereocenters. The highest BCUT2D eigenvalue weighted by molar-refractivity contribution is 5.93. The van der Waals surface area contributed by atoms with Gasteiger partial charge in [0.25, 0.3) is 0 Å². The van der Waals surface area contributed by atoms with Crippen LogP contribution in [0.3, 0.4) is 0 Å². The Bertz CT molecular complexity index is 1530. The molecule has 9 rings (SSSR count). The van der Waals surface area contributed by atoms with E-state index < -0.39 is 29.9 Å². The predicted molar refractivity (Wildman–Crippen MR) is 179 cm³/mol. The third kappa shape index (κ3) is 5.93. The highest BCUT2D eigenvalue weighted by atomic mass is 17.3. The molecule has 12 nitrogen and oxygen atoms in total. The molecule has 8 aliphatic rings. The Morgan fingerprint density at radius 2 is 1.82 bits per heavy atom. The Hall–Kier alpha value is -3.06. The number of esters is 1. The van der Waals surface area contributed by atoms with Gasteiger partial charge in [-0.15, -0.1) is 0 Å². The maximum absolute atomic E-state index is 13.4. The molecule has 5 saturated heterocycles. The molecule has 2 saturated carbocycles. The molecule has 0 radical (unpaired) electrons. The fourth-order valence-corrected chi connectivity index (χ4v) is 10.2. The van der Waals surface area contributed by atoms with E-state index in [0.29, 0.717) is 31.1 Å². The van der Waals surface area contributed by atoms with Crippen molar-refractivity contribution in [2.45, 2.75) is 128 Å². The van der Waals surface area contributed by atoms with Crippen LogP contribution in [0.2, 0.25) is 0 Å². The quantitative estimate of drug-likeness (QED) is 0.323. The average Bonchev–Trinajstić information content (AvgIpc) is 3.35. The van der Waals surface area contributed by atoms with Gasteiger partial charge in [-0.25, -0.2) is 9.78 Å². The zero-order valence-corrected chi connectivity index (χ0v) is 29.5. The van der Waals surface area contributed by atoms with E-state index in [-0.39, 0.29) is 66.8 Å². The van der Waals surface area contributed by atoms with Gasteiger partial charge in [-0.1, -0.05) is 39.2 Å². The predicted octanol–water partition coefficient (Wildman–Crippen LogP) is 5.00. The van der Waals surface area contributed by atoms with E-state index in [1.807, 2.05) is 36.9 Å². The highest BCUT2D eigenvalue weighted by Gasteiger charge is 2.69. The van der Waals surface area contributed by atoms with Crippen LogP contribution < -0.4 is 5.32 Å². The molecule has 7 fully saturated rings. The molecule has 1 unspecified atom stereocenters. The van der Waals surface area contributed by atoms with Crippen molar-refractivity contribution in [3.05, 3.63) is 29.3 Å². The van der Waals surface area contributed by atoms with Gasteiger partial charge in [0.2, 0.25) is 29.8 Å². The fourth-order valence-electron chi connectivity index (χ4n) is 10.2. The number of fused-ring (bicyclic) bond motifs is 5. The summed E-state index contributed by atoms with van der Waals surface area (Å²) in [5.41, 5.74) is 1.93. The van der Waals surface area contributed by atoms with E-state index in [9.17, 15) is 19.2 Å². The first-order chi connectivity index (χ1) is 24.0. The Morgan fingerprint density at radius 3 is 2.64 bits per heavy atom. The van der Waals surface area contributed by atoms with Crippen LogP contribution in [0.4, 0.5) is 5.69 Å². The third-order valence-electron chi connectivity index (χ3n) is 13.0. The molecule has 272 valence electrons. The summed E-state index contributed by atoms with van der Waals surface area (Å²) in [6.07, 6.45) is 7.65. The number of carbonyl (C=O) groups is 4. The lowest BCUT2D eigenvalue weighted by atomic mass is 9.58. The maximum Gasteiger partial charge on any atom is 0.308 e. The zero-order valence-electron chi connectivity index (χ0n) is 29.5. The Labute approximate surface area is 293 Å². The van der Waals surface area contributed by atoms with Gasteiger partial charge in [-0.05, 0) is 80.5 Å². The van der Waals surface area contributed by atoms with Crippen molar-refractivity contribution in [2.24, 2.45) is 29.6 Å². The normalized spacial score (nSPS) is 38.0. The molecule has 0 aromatic heterocycles. The van der Waals surface area contributed by atoms with E-state index >= 15 is 0 Å². The molecule has 2 bridgehead atoms. The third-order valence-corrected chi connectivity index (χ3v) is 13.0. The molecule has 1 aromatic rings. The zero-order chi connectivity index (χ0) is 34.8. The molecule has 50 heavy (non-hydrogen) atoms. The molecule has 6 heterocycles. The lowest BCUT2D eigenvalue weighted by Gasteiger charge is -2.59. The van der Waals surface area contributed by atoms with Gasteiger partial charge < -0.3 is 29.3 Å². The van der Waals surface area contributed by atoms with Gasteiger partial charge in [0, 0.05) is 49.4 Å². The Morgan fingerprint density at radius 1 is 1.00 bits per heavy atom. The highest BCUT2D eigenvalue weighted by Crippen LogP contribution is 2.60. The number of anilines is 1. The average molecular weight is 694 g/mol. The second-order valence-electron chi connectivity index (χ2n) is 16.1. The van der Waals surface area contributed by atoms with Crippen LogP contribution in [0.5, 0.6) is 0 Å². The van der Waals surface area contributed by atoms with E-state index in [1.165, 1.54) is 6.42 Å². The summed E-state index contributed by atoms with van der Waals surface area (Å²) in [5, 5.41) is 2.94. The molecular formula is C38H51N3O9. The second kappa shape index (κ2) is 13.2. The fraction of sp³-hybridized carbons (Fsp3) is 0.737. The molecule has 2 aliphatic carbocycles. The van der Waals surface area contributed by atoms with Crippen LogP contribution in [0, 0.1) is 29.6 Å². The first-order valence-corrected chi connectivity index (χ1v) is 18.9. The van der Waals surface area contributed by atoms with Crippen LogP contribution in [0.25, 0.3) is 0 Å². The van der Waals surface area contributed by atoms with E-state index in [0.717, 1.165) is 62.5 Å². The lowest BCUT2D eigenvalue weighted by molar-refractivity contribution is -0.576. The number of piperazine rings is 1. The van der Waals surface area contributed by atoms with Crippen LogP contribution in [0.1, 0.15) is 109 Å². The molecule has 6 aliphatic heterocycles. The number of ether oxygens (including phenoxy) is 3. The summed E-state index contributed by atoms with van der Waals surface area (Å²) in [7, 11) is 0. The number of hydrogen-bond donors (Lipinski definition) is 1. The number of nitrogens with zero attached hydrogens (tertiary/aromatic N) is 2. The second-order valence-corrected chi connectivity index (χ2v) is 16.1. The summed E-state index contributed by atoms with van der Waals surface area (Å²) < 4.78 is 18.6. The number of nitrogens with one attached hydrogen (secondary N) is 1. The summed E-state index contributed by atoms with van der Waals surface area (Å²) >= 11 is 0. The number of hydrogen-bond acceptors (Lipinski definition) is 9. The smallest absolute Gasteiger partial charge is 0.308 e. The molecule has 1 spiro atoms. The first-order valence-electron chi connectivity index (χ1n) is 18.9. The van der Waals surface area contributed by atoms with E-state index in [2.05, 4.69) is 12.2 Å². The topological polar surface area (TPSA) is 133 Å². The standard InChI is InChI=1S/C38H51N3O9/c1-22-9-12-29-23(2)35(47-36-38(29)28(22)15-17-37(3,48-36)49-50-38)46-33(44)14-13-31(42)39-26-11-10-24-16-18-41-30(27(24)19-26)20-40(21-32(41)43)34(45)25-7-5-4-6-8-25/h10-11,19,22-23,25,28-30,35-36H,4-9,12-18,20-21H2,1-3H3,(H,39,42)/t22-,23-,28+,29+,30?,35+,36-,37-,38-/m1/s1. The first kappa shape index (κ1) is 34.0. The van der Waals surface area contributed by atoms with Crippen molar-refractivity contribution < 1.29 is 43.2 Å². The lowest BCUT2D eigenvalue weighted by Crippen LogP contribution is -2.70. The Balaban J connectivity index is 0.887. The maximum atomic E-state index is 13.4. The van der Waals surface area contributed by atoms with E-state index in [1.54, 1.807) is 4.90 Å². The molecule has 1 aromatic carbocycles. The van der Waals surface area contributed by atoms with Gasteiger partial charge in [0.15, 0.2) is 11.9 Å². The number of amides is 3. The summed E-state index contributed by atoms with van der Waals surface area (Å²) in [4.78, 5) is 68.5. The van der Waals surface area contributed by atoms with Gasteiger partial charge in [-0.2, -0.15) is 0 Å². The SMILES string of the molecule is C[C@H]1[C@@H](OC(=O)CCC(=O)Nc2ccc3c(c2)C2CN(C(=O)C4CCCCC4)CC(=O)N2CC3)O[C@@H]2O[C@@]3(C)CC[C@H]4[C@H](C)CC[C@@H]1[C@@]24OO3. The van der Waals surface area contributed by atoms with Crippen molar-refractivity contribution in [1.29, 1.82) is 0 Å². The van der Waals surface area contributed by atoms with Crippen molar-refractivity contribution in [3.63, 3.8) is 0 Å². The van der Waals surface area contributed by atoms with Gasteiger partial charge >= 0.3 is 5.97 Å². The Kier molecular flexibility index (Phi) is 8.97. The summed E-state index contributed by atoms with van der Waals surface area (Å²) in [6, 6.07) is 5.53. The van der Waals surface area contributed by atoms with Gasteiger partial charge in [0.05, 0.1) is 19.0 Å². The van der Waals surface area contributed by atoms with Gasteiger partial charge in [-0.3, -0.25) is 19.2 Å². The minimum atomic E-state index is -0.919. The van der Waals surface area contributed by atoms with Crippen LogP contribution in [0.15, 0.2) is 18.2 Å². The minimum Gasteiger partial charge on any atom is -0.435 e. The summed E-state index contributed by atoms with van der Waals surface area (Å²) in [5.74, 6) is -1.15. The number of benzene rings is 1. The van der Waals surface area contributed by atoms with Crippen LogP contribution >= 0.6 is 0 Å². The van der Waals surface area contributed by atoms with Gasteiger partial charge in [0.1, 0.15) is 0 Å². The largest absolute Gasteiger partial charge is 0.435 e. The number of carbonyl (C=O) groups excluding carboxylic acids is 4.